The summed E-state index contributed by atoms with van der Waals surface area (Å²) in [7, 11) is 0. The summed E-state index contributed by atoms with van der Waals surface area (Å²) in [5.41, 5.74) is 5.35. The molecule has 0 saturated heterocycles. The van der Waals surface area contributed by atoms with Crippen molar-refractivity contribution in [3.05, 3.63) is 93.7 Å². The summed E-state index contributed by atoms with van der Waals surface area (Å²) in [5, 5.41) is 10.4. The maximum Gasteiger partial charge on any atom is 0.314 e. The molecule has 2 heterocycles. The molecular weight excluding hydrogens is 378 g/mol. The number of amides is 2. The van der Waals surface area contributed by atoms with Crippen LogP contribution in [0.1, 0.15) is 28.3 Å². The van der Waals surface area contributed by atoms with Crippen LogP contribution in [0.4, 0.5) is 4.79 Å². The van der Waals surface area contributed by atoms with Gasteiger partial charge in [-0.1, -0.05) is 54.6 Å². The van der Waals surface area contributed by atoms with Gasteiger partial charge in [0.1, 0.15) is 0 Å². The first-order valence-corrected chi connectivity index (χ1v) is 11.1. The van der Waals surface area contributed by atoms with Crippen molar-refractivity contribution in [2.45, 2.75) is 25.4 Å². The molecule has 0 bridgehead atoms. The zero-order chi connectivity index (χ0) is 19.9. The van der Waals surface area contributed by atoms with Crippen molar-refractivity contribution >= 4 is 17.4 Å². The molecule has 0 saturated carbocycles. The number of benzene rings is 2. The Bertz CT molecular complexity index is 911. The second-order valence-corrected chi connectivity index (χ2v) is 8.21. The molecule has 0 radical (unpaired) electrons. The predicted molar refractivity (Wildman–Crippen MR) is 119 cm³/mol. The third-order valence-corrected chi connectivity index (χ3v) is 6.23. The van der Waals surface area contributed by atoms with Gasteiger partial charge in [-0.15, -0.1) is 0 Å². The molecule has 0 spiro atoms. The highest BCUT2D eigenvalue weighted by atomic mass is 32.1. The molecule has 2 N–H and O–H groups in total. The van der Waals surface area contributed by atoms with Crippen LogP contribution in [0.25, 0.3) is 0 Å². The molecule has 0 aliphatic carbocycles. The molecular formula is C24H27N3OS. The SMILES string of the molecule is O=C(NCCc1ccccc1)NCC(c1ccsc1)N1CCc2ccccc2C1. The highest BCUT2D eigenvalue weighted by Gasteiger charge is 2.25. The van der Waals surface area contributed by atoms with Crippen LogP contribution in [0, 0.1) is 0 Å². The largest absolute Gasteiger partial charge is 0.338 e. The second-order valence-electron chi connectivity index (χ2n) is 7.43. The summed E-state index contributed by atoms with van der Waals surface area (Å²) >= 11 is 1.71. The van der Waals surface area contributed by atoms with Gasteiger partial charge in [0.2, 0.25) is 0 Å². The van der Waals surface area contributed by atoms with Gasteiger partial charge in [-0.3, -0.25) is 4.90 Å². The van der Waals surface area contributed by atoms with Gasteiger partial charge in [0.25, 0.3) is 0 Å². The van der Waals surface area contributed by atoms with Gasteiger partial charge in [0, 0.05) is 26.2 Å². The number of hydrogen-bond donors (Lipinski definition) is 2. The number of urea groups is 1. The van der Waals surface area contributed by atoms with Crippen molar-refractivity contribution in [3.8, 4) is 0 Å². The van der Waals surface area contributed by atoms with E-state index in [1.807, 2.05) is 18.2 Å². The fourth-order valence-corrected chi connectivity index (χ4v) is 4.63. The third-order valence-electron chi connectivity index (χ3n) is 5.53. The highest BCUT2D eigenvalue weighted by molar-refractivity contribution is 7.07. The zero-order valence-electron chi connectivity index (χ0n) is 16.5. The Hall–Kier alpha value is -2.63. The first-order valence-electron chi connectivity index (χ1n) is 10.2. The predicted octanol–water partition coefficient (Wildman–Crippen LogP) is 4.39. The van der Waals surface area contributed by atoms with Crippen molar-refractivity contribution in [3.63, 3.8) is 0 Å². The molecule has 2 aromatic carbocycles. The molecule has 1 atom stereocenters. The molecule has 150 valence electrons. The van der Waals surface area contributed by atoms with Crippen LogP contribution in [0.15, 0.2) is 71.4 Å². The lowest BCUT2D eigenvalue weighted by molar-refractivity contribution is 0.174. The summed E-state index contributed by atoms with van der Waals surface area (Å²) in [6.07, 6.45) is 1.89. The molecule has 5 heteroatoms. The number of nitrogens with zero attached hydrogens (tertiary/aromatic N) is 1. The Balaban J connectivity index is 1.33. The third kappa shape index (κ3) is 5.25. The Morgan fingerprint density at radius 3 is 2.59 bits per heavy atom. The number of fused-ring (bicyclic) bond motifs is 1. The molecule has 4 rings (SSSR count). The van der Waals surface area contributed by atoms with Crippen LogP contribution in [0.3, 0.4) is 0 Å². The number of rotatable bonds is 7. The minimum Gasteiger partial charge on any atom is -0.338 e. The average Bonchev–Trinajstić information content (AvgIpc) is 3.29. The fraction of sp³-hybridized carbons (Fsp3) is 0.292. The first kappa shape index (κ1) is 19.7. The minimum atomic E-state index is -0.0985. The van der Waals surface area contributed by atoms with Crippen LogP contribution in [0.2, 0.25) is 0 Å². The van der Waals surface area contributed by atoms with E-state index in [4.69, 9.17) is 0 Å². The lowest BCUT2D eigenvalue weighted by Gasteiger charge is -2.35. The number of carbonyl (C=O) groups excluding carboxylic acids is 1. The van der Waals surface area contributed by atoms with E-state index in [0.717, 1.165) is 25.9 Å². The number of thiophene rings is 1. The van der Waals surface area contributed by atoms with E-state index in [-0.39, 0.29) is 12.1 Å². The van der Waals surface area contributed by atoms with Gasteiger partial charge in [-0.2, -0.15) is 11.3 Å². The van der Waals surface area contributed by atoms with Crippen molar-refractivity contribution in [2.24, 2.45) is 0 Å². The van der Waals surface area contributed by atoms with E-state index in [1.165, 1.54) is 22.3 Å². The minimum absolute atomic E-state index is 0.0985. The van der Waals surface area contributed by atoms with E-state index >= 15 is 0 Å². The quantitative estimate of drug-likeness (QED) is 0.612. The average molecular weight is 406 g/mol. The molecule has 2 amide bonds. The van der Waals surface area contributed by atoms with Crippen molar-refractivity contribution in [1.82, 2.24) is 15.5 Å². The Kier molecular flexibility index (Phi) is 6.60. The van der Waals surface area contributed by atoms with Crippen LogP contribution >= 0.6 is 11.3 Å². The second kappa shape index (κ2) is 9.72. The molecule has 1 aliphatic rings. The maximum atomic E-state index is 12.4. The van der Waals surface area contributed by atoms with Crippen LogP contribution in [-0.2, 0) is 19.4 Å². The van der Waals surface area contributed by atoms with Gasteiger partial charge in [-0.05, 0) is 51.9 Å². The van der Waals surface area contributed by atoms with E-state index in [9.17, 15) is 4.79 Å². The topological polar surface area (TPSA) is 44.4 Å². The molecule has 1 unspecified atom stereocenters. The lowest BCUT2D eigenvalue weighted by atomic mass is 9.97. The van der Waals surface area contributed by atoms with Gasteiger partial charge in [-0.25, -0.2) is 4.79 Å². The van der Waals surface area contributed by atoms with Gasteiger partial charge in [0.05, 0.1) is 6.04 Å². The van der Waals surface area contributed by atoms with Crippen LogP contribution in [0.5, 0.6) is 0 Å². The summed E-state index contributed by atoms with van der Waals surface area (Å²) in [6.45, 7) is 3.18. The molecule has 1 aliphatic heterocycles. The van der Waals surface area contributed by atoms with E-state index < -0.39 is 0 Å². The van der Waals surface area contributed by atoms with Crippen molar-refractivity contribution in [1.29, 1.82) is 0 Å². The van der Waals surface area contributed by atoms with Crippen molar-refractivity contribution < 1.29 is 4.79 Å². The normalized spacial score (nSPS) is 14.8. The summed E-state index contributed by atoms with van der Waals surface area (Å²) < 4.78 is 0. The number of hydrogen-bond acceptors (Lipinski definition) is 3. The summed E-state index contributed by atoms with van der Waals surface area (Å²) in [4.78, 5) is 14.8. The van der Waals surface area contributed by atoms with Crippen LogP contribution in [-0.4, -0.2) is 30.6 Å². The zero-order valence-corrected chi connectivity index (χ0v) is 17.3. The lowest BCUT2D eigenvalue weighted by Crippen LogP contribution is -2.43. The first-order chi connectivity index (χ1) is 14.3. The summed E-state index contributed by atoms with van der Waals surface area (Å²) in [6, 6.07) is 21.2. The standard InChI is InChI=1S/C24H27N3OS/c28-24(25-13-10-19-6-2-1-3-7-19)26-16-23(22-12-15-29-18-22)27-14-11-20-8-4-5-9-21(20)17-27/h1-9,12,15,18,23H,10-11,13-14,16-17H2,(H2,25,26,28). The number of carbonyl (C=O) groups is 1. The van der Waals surface area contributed by atoms with E-state index in [1.54, 1.807) is 11.3 Å². The van der Waals surface area contributed by atoms with Gasteiger partial charge >= 0.3 is 6.03 Å². The molecule has 4 nitrogen and oxygen atoms in total. The molecule has 29 heavy (non-hydrogen) atoms. The monoisotopic (exact) mass is 405 g/mol. The van der Waals surface area contributed by atoms with Crippen molar-refractivity contribution in [2.75, 3.05) is 19.6 Å². The van der Waals surface area contributed by atoms with E-state index in [0.29, 0.717) is 13.1 Å². The Morgan fingerprint density at radius 2 is 1.79 bits per heavy atom. The molecule has 3 aromatic rings. The van der Waals surface area contributed by atoms with Gasteiger partial charge in [0.15, 0.2) is 0 Å². The Morgan fingerprint density at radius 1 is 1.00 bits per heavy atom. The maximum absolute atomic E-state index is 12.4. The summed E-state index contributed by atoms with van der Waals surface area (Å²) in [5.74, 6) is 0. The van der Waals surface area contributed by atoms with Crippen LogP contribution < -0.4 is 10.6 Å². The molecule has 0 fully saturated rings. The highest BCUT2D eigenvalue weighted by Crippen LogP contribution is 2.28. The Labute approximate surface area is 176 Å². The van der Waals surface area contributed by atoms with E-state index in [2.05, 4.69) is 68.8 Å². The smallest absolute Gasteiger partial charge is 0.314 e. The fourth-order valence-electron chi connectivity index (χ4n) is 3.92. The number of nitrogens with one attached hydrogen (secondary N) is 2. The molecule has 1 aromatic heterocycles. The van der Waals surface area contributed by atoms with Gasteiger partial charge < -0.3 is 10.6 Å².